The molecule has 33 heavy (non-hydrogen) atoms. The lowest BCUT2D eigenvalue weighted by molar-refractivity contribution is -0.132. The predicted octanol–water partition coefficient (Wildman–Crippen LogP) is 3.53. The van der Waals surface area contributed by atoms with E-state index in [1.807, 2.05) is 24.3 Å². The molecule has 1 aliphatic heterocycles. The zero-order valence-corrected chi connectivity index (χ0v) is 18.9. The molecule has 2 N–H and O–H groups in total. The molecule has 1 saturated heterocycles. The molecule has 0 bridgehead atoms. The minimum atomic E-state index is -0.857. The van der Waals surface area contributed by atoms with Crippen LogP contribution in [0.25, 0.3) is 0 Å². The molecule has 1 aromatic rings. The number of aryl methyl sites for hydroxylation is 2. The zero-order chi connectivity index (χ0) is 22.8. The molecule has 0 saturated carbocycles. The zero-order valence-electron chi connectivity index (χ0n) is 18.9. The van der Waals surface area contributed by atoms with Crippen molar-refractivity contribution in [2.45, 2.75) is 38.1 Å². The number of fused-ring (bicyclic) bond motifs is 1. The average Bonchev–Trinajstić information content (AvgIpc) is 3.32. The van der Waals surface area contributed by atoms with Crippen LogP contribution in [0.5, 0.6) is 0 Å². The first kappa shape index (κ1) is 21.7. The van der Waals surface area contributed by atoms with Crippen molar-refractivity contribution >= 4 is 17.6 Å². The molecule has 4 aliphatic rings. The topological polar surface area (TPSA) is 72.9 Å². The molecular formula is C27H31N3O3. The Hall–Kier alpha value is -3.12. The van der Waals surface area contributed by atoms with E-state index in [9.17, 15) is 9.59 Å². The Kier molecular flexibility index (Phi) is 6.18. The van der Waals surface area contributed by atoms with Crippen LogP contribution in [0.15, 0.2) is 65.9 Å². The molecule has 2 unspecified atom stereocenters. The van der Waals surface area contributed by atoms with Crippen LogP contribution in [0, 0.1) is 5.92 Å². The van der Waals surface area contributed by atoms with Crippen LogP contribution in [0.1, 0.15) is 30.4 Å². The van der Waals surface area contributed by atoms with E-state index in [2.05, 4.69) is 39.4 Å². The molecule has 2 atom stereocenters. The van der Waals surface area contributed by atoms with Crippen molar-refractivity contribution in [2.24, 2.45) is 5.92 Å². The van der Waals surface area contributed by atoms with E-state index in [1.165, 1.54) is 23.2 Å². The van der Waals surface area contributed by atoms with Gasteiger partial charge in [-0.1, -0.05) is 36.4 Å². The third-order valence-electron chi connectivity index (χ3n) is 7.26. The second kappa shape index (κ2) is 9.40. The molecule has 5 rings (SSSR count). The van der Waals surface area contributed by atoms with Gasteiger partial charge in [-0.25, -0.2) is 4.79 Å². The van der Waals surface area contributed by atoms with Crippen LogP contribution >= 0.6 is 0 Å². The van der Waals surface area contributed by atoms with Crippen molar-refractivity contribution in [3.05, 3.63) is 77.1 Å². The summed E-state index contributed by atoms with van der Waals surface area (Å²) in [6.07, 6.45) is 16.8. The maximum atomic E-state index is 12.8. The summed E-state index contributed by atoms with van der Waals surface area (Å²) in [4.78, 5) is 28.6. The third-order valence-corrected chi connectivity index (χ3v) is 7.26. The highest BCUT2D eigenvalue weighted by atomic mass is 16.4. The van der Waals surface area contributed by atoms with Gasteiger partial charge in [0.1, 0.15) is 0 Å². The molecule has 0 spiro atoms. The Bertz CT molecular complexity index is 1060. The van der Waals surface area contributed by atoms with Crippen LogP contribution in [-0.2, 0) is 22.4 Å². The summed E-state index contributed by atoms with van der Waals surface area (Å²) < 4.78 is 0. The molecule has 1 aromatic carbocycles. The summed E-state index contributed by atoms with van der Waals surface area (Å²) in [7, 11) is 0. The number of benzene rings is 1. The molecule has 172 valence electrons. The number of anilines is 1. The number of rotatable bonds is 5. The summed E-state index contributed by atoms with van der Waals surface area (Å²) >= 11 is 0. The van der Waals surface area contributed by atoms with Gasteiger partial charge in [0.2, 0.25) is 5.91 Å². The van der Waals surface area contributed by atoms with Gasteiger partial charge in [-0.05, 0) is 61.4 Å². The minimum absolute atomic E-state index is 0.0576. The summed E-state index contributed by atoms with van der Waals surface area (Å²) in [5.41, 5.74) is 5.28. The fourth-order valence-electron chi connectivity index (χ4n) is 5.27. The van der Waals surface area contributed by atoms with Crippen molar-refractivity contribution in [3.8, 4) is 0 Å². The Morgan fingerprint density at radius 2 is 1.76 bits per heavy atom. The number of hydrogen-bond donors (Lipinski definition) is 2. The summed E-state index contributed by atoms with van der Waals surface area (Å²) in [5.74, 6) is -0.933. The number of carboxylic acid groups (broad SMARTS) is 1. The predicted molar refractivity (Wildman–Crippen MR) is 129 cm³/mol. The number of allylic oxidation sites excluding steroid dienone is 2. The fourth-order valence-corrected chi connectivity index (χ4v) is 5.27. The van der Waals surface area contributed by atoms with Gasteiger partial charge in [0, 0.05) is 43.6 Å². The standard InChI is InChI=1S/C27H31N3O3/c31-26(28-23-9-4-19-2-1-3-22(19)18-23)20-5-10-24(11-6-20)29-14-16-30(17-15-29)25-12-7-21(8-13-25)27(32)33/h4-5,7-12,18,20,25H,1-3,6,13-17H2,(H,28,31)(H,32,33). The van der Waals surface area contributed by atoms with E-state index in [4.69, 9.17) is 5.11 Å². The first-order valence-corrected chi connectivity index (χ1v) is 12.0. The lowest BCUT2D eigenvalue weighted by atomic mass is 9.97. The number of carboxylic acids is 1. The van der Waals surface area contributed by atoms with Gasteiger partial charge >= 0.3 is 5.97 Å². The smallest absolute Gasteiger partial charge is 0.335 e. The Labute approximate surface area is 195 Å². The Morgan fingerprint density at radius 1 is 0.939 bits per heavy atom. The van der Waals surface area contributed by atoms with Crippen molar-refractivity contribution in [1.82, 2.24) is 9.80 Å². The Balaban J connectivity index is 1.10. The van der Waals surface area contributed by atoms with Gasteiger partial charge in [-0.2, -0.15) is 0 Å². The van der Waals surface area contributed by atoms with Gasteiger partial charge in [-0.15, -0.1) is 0 Å². The number of nitrogens with zero attached hydrogens (tertiary/aromatic N) is 2. The van der Waals surface area contributed by atoms with Crippen LogP contribution in [0.2, 0.25) is 0 Å². The van der Waals surface area contributed by atoms with Crippen LogP contribution in [0.3, 0.4) is 0 Å². The van der Waals surface area contributed by atoms with Crippen molar-refractivity contribution in [3.63, 3.8) is 0 Å². The maximum absolute atomic E-state index is 12.8. The molecule has 1 amide bonds. The molecular weight excluding hydrogens is 414 g/mol. The molecule has 6 nitrogen and oxygen atoms in total. The second-order valence-corrected chi connectivity index (χ2v) is 9.31. The lowest BCUT2D eigenvalue weighted by Crippen LogP contribution is -2.49. The number of amides is 1. The quantitative estimate of drug-likeness (QED) is 0.726. The van der Waals surface area contributed by atoms with Crippen LogP contribution in [0.4, 0.5) is 5.69 Å². The molecule has 1 heterocycles. The molecule has 3 aliphatic carbocycles. The summed E-state index contributed by atoms with van der Waals surface area (Å²) in [6.45, 7) is 3.75. The number of carbonyl (C=O) groups excluding carboxylic acids is 1. The van der Waals surface area contributed by atoms with Gasteiger partial charge in [0.05, 0.1) is 11.5 Å². The third kappa shape index (κ3) is 4.81. The van der Waals surface area contributed by atoms with E-state index in [-0.39, 0.29) is 17.9 Å². The lowest BCUT2D eigenvalue weighted by Gasteiger charge is -2.40. The van der Waals surface area contributed by atoms with Crippen LogP contribution in [-0.4, -0.2) is 59.0 Å². The van der Waals surface area contributed by atoms with E-state index in [0.717, 1.165) is 57.5 Å². The molecule has 0 aromatic heterocycles. The summed E-state index contributed by atoms with van der Waals surface area (Å²) in [6, 6.07) is 6.58. The van der Waals surface area contributed by atoms with Crippen molar-refractivity contribution < 1.29 is 14.7 Å². The largest absolute Gasteiger partial charge is 0.478 e. The number of piperazine rings is 1. The Morgan fingerprint density at radius 3 is 2.45 bits per heavy atom. The average molecular weight is 446 g/mol. The van der Waals surface area contributed by atoms with Gasteiger partial charge < -0.3 is 15.3 Å². The molecule has 6 heteroatoms. The molecule has 0 radical (unpaired) electrons. The second-order valence-electron chi connectivity index (χ2n) is 9.31. The first-order chi connectivity index (χ1) is 16.1. The van der Waals surface area contributed by atoms with Gasteiger partial charge in [-0.3, -0.25) is 9.69 Å². The highest BCUT2D eigenvalue weighted by Crippen LogP contribution is 2.27. The number of aliphatic carboxylic acids is 1. The first-order valence-electron chi connectivity index (χ1n) is 12.0. The number of nitrogens with one attached hydrogen (secondary N) is 1. The van der Waals surface area contributed by atoms with Gasteiger partial charge in [0.25, 0.3) is 0 Å². The van der Waals surface area contributed by atoms with Gasteiger partial charge in [0.15, 0.2) is 0 Å². The minimum Gasteiger partial charge on any atom is -0.478 e. The highest BCUT2D eigenvalue weighted by molar-refractivity contribution is 5.94. The SMILES string of the molecule is O=C(O)C1=CCC(N2CCN(C3=CCC(C(=O)Nc4ccc5c(c4)CCC5)C=C3)CC2)C=C1. The monoisotopic (exact) mass is 445 g/mol. The van der Waals surface area contributed by atoms with Crippen LogP contribution < -0.4 is 5.32 Å². The fraction of sp³-hybridized carbons (Fsp3) is 0.407. The number of carbonyl (C=O) groups is 2. The van der Waals surface area contributed by atoms with Crippen molar-refractivity contribution in [2.75, 3.05) is 31.5 Å². The highest BCUT2D eigenvalue weighted by Gasteiger charge is 2.26. The summed E-state index contributed by atoms with van der Waals surface area (Å²) in [5, 5.41) is 12.2. The normalized spacial score (nSPS) is 24.8. The van der Waals surface area contributed by atoms with E-state index in [1.54, 1.807) is 6.08 Å². The molecule has 1 fully saturated rings. The van der Waals surface area contributed by atoms with E-state index in [0.29, 0.717) is 5.57 Å². The van der Waals surface area contributed by atoms with E-state index >= 15 is 0 Å². The van der Waals surface area contributed by atoms with E-state index < -0.39 is 5.97 Å². The number of hydrogen-bond acceptors (Lipinski definition) is 4. The maximum Gasteiger partial charge on any atom is 0.335 e. The van der Waals surface area contributed by atoms with Crippen molar-refractivity contribution in [1.29, 1.82) is 0 Å².